The molecule has 0 aliphatic carbocycles. The van der Waals surface area contributed by atoms with Crippen LogP contribution < -0.4 is 5.32 Å². The van der Waals surface area contributed by atoms with E-state index in [1.165, 1.54) is 12.1 Å². The molecule has 3 rings (SSSR count). The zero-order chi connectivity index (χ0) is 21.0. The molecule has 0 aliphatic rings. The van der Waals surface area contributed by atoms with Crippen molar-refractivity contribution in [2.45, 2.75) is 12.6 Å². The average molecular weight is 429 g/mol. The molecule has 3 aromatic carbocycles. The van der Waals surface area contributed by atoms with Crippen molar-refractivity contribution in [3.05, 3.63) is 104 Å². The van der Waals surface area contributed by atoms with Gasteiger partial charge < -0.3 is 10.4 Å². The number of benzene rings is 3. The summed E-state index contributed by atoms with van der Waals surface area (Å²) < 4.78 is 13.9. The van der Waals surface area contributed by atoms with Gasteiger partial charge in [0.25, 0.3) is 5.91 Å². The van der Waals surface area contributed by atoms with Crippen molar-refractivity contribution in [2.75, 3.05) is 0 Å². The fourth-order valence-corrected chi connectivity index (χ4v) is 3.27. The van der Waals surface area contributed by atoms with Crippen LogP contribution in [-0.2, 0) is 6.61 Å². The molecule has 0 aromatic heterocycles. The highest BCUT2D eigenvalue weighted by atomic mass is 35.5. The van der Waals surface area contributed by atoms with E-state index < -0.39 is 17.8 Å². The van der Waals surface area contributed by atoms with Crippen LogP contribution >= 0.6 is 23.2 Å². The first-order valence-electron chi connectivity index (χ1n) is 8.58. The van der Waals surface area contributed by atoms with Crippen LogP contribution in [0.15, 0.2) is 60.7 Å². The quantitative estimate of drug-likeness (QED) is 0.599. The summed E-state index contributed by atoms with van der Waals surface area (Å²) in [5.74, 6) is -1.31. The van der Waals surface area contributed by atoms with Crippen LogP contribution in [0.25, 0.3) is 0 Å². The number of hydrogen-bond donors (Lipinski definition) is 2. The Morgan fingerprint density at radius 1 is 1.07 bits per heavy atom. The van der Waals surface area contributed by atoms with E-state index in [-0.39, 0.29) is 17.7 Å². The van der Waals surface area contributed by atoms with Gasteiger partial charge in [0.2, 0.25) is 0 Å². The fraction of sp³-hybridized carbons (Fsp3) is 0.0909. The van der Waals surface area contributed by atoms with Gasteiger partial charge in [-0.2, -0.15) is 5.26 Å². The molecule has 0 heterocycles. The predicted molar refractivity (Wildman–Crippen MR) is 109 cm³/mol. The lowest BCUT2D eigenvalue weighted by molar-refractivity contribution is 0.0942. The number of amides is 1. The molecule has 0 bridgehead atoms. The molecule has 1 amide bonds. The molecule has 0 saturated heterocycles. The first kappa shape index (κ1) is 20.8. The molecule has 0 fully saturated rings. The van der Waals surface area contributed by atoms with E-state index in [4.69, 9.17) is 28.5 Å². The highest BCUT2D eigenvalue weighted by Gasteiger charge is 2.21. The van der Waals surface area contributed by atoms with Crippen LogP contribution in [0.5, 0.6) is 0 Å². The van der Waals surface area contributed by atoms with Gasteiger partial charge in [0.15, 0.2) is 0 Å². The third kappa shape index (κ3) is 4.75. The highest BCUT2D eigenvalue weighted by molar-refractivity contribution is 6.30. The van der Waals surface area contributed by atoms with Crippen molar-refractivity contribution in [2.24, 2.45) is 0 Å². The molecule has 146 valence electrons. The standard InChI is InChI=1S/C22H15Cl2FN2O2/c23-17-5-3-13(4-6-17)21(19-8-7-18(24)9-16(19)12-28)27-22(29)14-1-2-15(11-26)20(25)10-14/h1-10,21,28H,12H2,(H,27,29)/t21-/m0/s1. The number of aliphatic hydroxyl groups is 1. The van der Waals surface area contributed by atoms with E-state index in [0.29, 0.717) is 26.7 Å². The van der Waals surface area contributed by atoms with Crippen molar-refractivity contribution < 1.29 is 14.3 Å². The lowest BCUT2D eigenvalue weighted by Crippen LogP contribution is -2.30. The number of carbonyl (C=O) groups is 1. The van der Waals surface area contributed by atoms with Gasteiger partial charge >= 0.3 is 0 Å². The second-order valence-corrected chi connectivity index (χ2v) is 7.14. The Hall–Kier alpha value is -2.91. The summed E-state index contributed by atoms with van der Waals surface area (Å²) in [5, 5.41) is 22.5. The van der Waals surface area contributed by atoms with Gasteiger partial charge in [0.05, 0.1) is 18.2 Å². The maximum Gasteiger partial charge on any atom is 0.252 e. The van der Waals surface area contributed by atoms with Crippen molar-refractivity contribution in [3.8, 4) is 6.07 Å². The number of carbonyl (C=O) groups excluding carboxylic acids is 1. The Kier molecular flexibility index (Phi) is 6.50. The number of aliphatic hydroxyl groups excluding tert-OH is 1. The van der Waals surface area contributed by atoms with Crippen LogP contribution in [0.1, 0.15) is 38.7 Å². The number of hydrogen-bond acceptors (Lipinski definition) is 3. The summed E-state index contributed by atoms with van der Waals surface area (Å²) in [4.78, 5) is 12.8. The Morgan fingerprint density at radius 3 is 2.38 bits per heavy atom. The Morgan fingerprint density at radius 2 is 1.76 bits per heavy atom. The van der Waals surface area contributed by atoms with Crippen molar-refractivity contribution in [3.63, 3.8) is 0 Å². The van der Waals surface area contributed by atoms with Gasteiger partial charge in [0, 0.05) is 15.6 Å². The Labute approximate surface area is 177 Å². The second kappa shape index (κ2) is 9.06. The van der Waals surface area contributed by atoms with Gasteiger partial charge in [-0.3, -0.25) is 4.79 Å². The largest absolute Gasteiger partial charge is 0.392 e. The molecule has 3 aromatic rings. The number of nitrogens with one attached hydrogen (secondary N) is 1. The first-order chi connectivity index (χ1) is 13.9. The summed E-state index contributed by atoms with van der Waals surface area (Å²) >= 11 is 12.0. The number of halogens is 3. The van der Waals surface area contributed by atoms with Gasteiger partial charge in [-0.05, 0) is 59.2 Å². The zero-order valence-corrected chi connectivity index (χ0v) is 16.5. The third-order valence-corrected chi connectivity index (χ3v) is 4.90. The van der Waals surface area contributed by atoms with Crippen LogP contribution in [0.3, 0.4) is 0 Å². The van der Waals surface area contributed by atoms with E-state index in [1.54, 1.807) is 48.5 Å². The van der Waals surface area contributed by atoms with Gasteiger partial charge in [-0.15, -0.1) is 0 Å². The number of rotatable bonds is 5. The summed E-state index contributed by atoms with van der Waals surface area (Å²) in [6.45, 7) is -0.276. The second-order valence-electron chi connectivity index (χ2n) is 6.27. The first-order valence-corrected chi connectivity index (χ1v) is 9.33. The molecule has 0 unspecified atom stereocenters. The molecule has 7 heteroatoms. The van der Waals surface area contributed by atoms with Crippen molar-refractivity contribution >= 4 is 29.1 Å². The van der Waals surface area contributed by atoms with Gasteiger partial charge in [-0.25, -0.2) is 4.39 Å². The zero-order valence-electron chi connectivity index (χ0n) is 15.0. The fourth-order valence-electron chi connectivity index (χ4n) is 2.95. The summed E-state index contributed by atoms with van der Waals surface area (Å²) in [5.41, 5.74) is 1.83. The summed E-state index contributed by atoms with van der Waals surface area (Å²) in [6.07, 6.45) is 0. The molecular formula is C22H15Cl2FN2O2. The molecule has 4 nitrogen and oxygen atoms in total. The molecule has 0 saturated carbocycles. The minimum absolute atomic E-state index is 0.0694. The molecule has 0 aliphatic heterocycles. The summed E-state index contributed by atoms with van der Waals surface area (Å²) in [6, 6.07) is 16.6. The van der Waals surface area contributed by atoms with Crippen molar-refractivity contribution in [1.82, 2.24) is 5.32 Å². The maximum absolute atomic E-state index is 13.9. The number of nitrogens with zero attached hydrogens (tertiary/aromatic N) is 1. The smallest absolute Gasteiger partial charge is 0.252 e. The molecule has 1 atom stereocenters. The summed E-state index contributed by atoms with van der Waals surface area (Å²) in [7, 11) is 0. The Bertz CT molecular complexity index is 1090. The molecular weight excluding hydrogens is 414 g/mol. The van der Waals surface area contributed by atoms with E-state index in [0.717, 1.165) is 6.07 Å². The van der Waals surface area contributed by atoms with Crippen LogP contribution in [-0.4, -0.2) is 11.0 Å². The SMILES string of the molecule is N#Cc1ccc(C(=O)N[C@@H](c2ccc(Cl)cc2)c2ccc(Cl)cc2CO)cc1F. The van der Waals surface area contributed by atoms with Crippen LogP contribution in [0.2, 0.25) is 10.0 Å². The minimum Gasteiger partial charge on any atom is -0.392 e. The molecule has 0 radical (unpaired) electrons. The average Bonchev–Trinajstić information content (AvgIpc) is 2.72. The molecule has 29 heavy (non-hydrogen) atoms. The lowest BCUT2D eigenvalue weighted by Gasteiger charge is -2.22. The normalized spacial score (nSPS) is 11.6. The molecule has 0 spiro atoms. The van der Waals surface area contributed by atoms with Gasteiger partial charge in [0.1, 0.15) is 11.9 Å². The van der Waals surface area contributed by atoms with E-state index in [2.05, 4.69) is 5.32 Å². The highest BCUT2D eigenvalue weighted by Crippen LogP contribution is 2.29. The predicted octanol–water partition coefficient (Wildman–Crippen LogP) is 5.02. The van der Waals surface area contributed by atoms with Crippen LogP contribution in [0.4, 0.5) is 4.39 Å². The van der Waals surface area contributed by atoms with Crippen LogP contribution in [0, 0.1) is 17.1 Å². The number of nitriles is 1. The third-order valence-electron chi connectivity index (χ3n) is 4.42. The van der Waals surface area contributed by atoms with E-state index in [9.17, 15) is 14.3 Å². The Balaban J connectivity index is 2.02. The monoisotopic (exact) mass is 428 g/mol. The minimum atomic E-state index is -0.772. The topological polar surface area (TPSA) is 73.1 Å². The van der Waals surface area contributed by atoms with E-state index in [1.807, 2.05) is 0 Å². The van der Waals surface area contributed by atoms with Crippen molar-refractivity contribution in [1.29, 1.82) is 5.26 Å². The molecule has 2 N–H and O–H groups in total. The van der Waals surface area contributed by atoms with E-state index >= 15 is 0 Å². The lowest BCUT2D eigenvalue weighted by atomic mass is 9.94. The maximum atomic E-state index is 13.9. The van der Waals surface area contributed by atoms with Gasteiger partial charge in [-0.1, -0.05) is 41.4 Å².